The van der Waals surface area contributed by atoms with Gasteiger partial charge in [0.05, 0.1) is 17.2 Å². The smallest absolute Gasteiger partial charge is 0.340 e. The molecule has 1 aliphatic rings. The summed E-state index contributed by atoms with van der Waals surface area (Å²) in [5.41, 5.74) is -0.236. The summed E-state index contributed by atoms with van der Waals surface area (Å²) >= 11 is 0. The SMILES string of the molecule is O=C(O)c1c(F)cccc1NCC1CCS(=O)(=O)C1. The Balaban J connectivity index is 2.08. The van der Waals surface area contributed by atoms with Crippen molar-refractivity contribution in [3.8, 4) is 0 Å². The van der Waals surface area contributed by atoms with Crippen LogP contribution >= 0.6 is 0 Å². The van der Waals surface area contributed by atoms with Gasteiger partial charge in [0.25, 0.3) is 0 Å². The van der Waals surface area contributed by atoms with Gasteiger partial charge < -0.3 is 10.4 Å². The Bertz CT molecular complexity index is 600. The molecule has 1 saturated heterocycles. The normalized spacial score (nSPS) is 21.2. The number of hydrogen-bond acceptors (Lipinski definition) is 4. The topological polar surface area (TPSA) is 83.5 Å². The highest BCUT2D eigenvalue weighted by Crippen LogP contribution is 2.22. The van der Waals surface area contributed by atoms with Crippen molar-refractivity contribution in [1.29, 1.82) is 0 Å². The van der Waals surface area contributed by atoms with E-state index in [1.807, 2.05) is 0 Å². The lowest BCUT2D eigenvalue weighted by Crippen LogP contribution is -2.17. The first kappa shape index (κ1) is 13.8. The molecule has 0 radical (unpaired) electrons. The van der Waals surface area contributed by atoms with Gasteiger partial charge in [-0.2, -0.15) is 0 Å². The first-order valence-electron chi connectivity index (χ1n) is 5.85. The van der Waals surface area contributed by atoms with E-state index < -0.39 is 27.2 Å². The van der Waals surface area contributed by atoms with E-state index in [2.05, 4.69) is 5.32 Å². The Hall–Kier alpha value is -1.63. The van der Waals surface area contributed by atoms with Crippen LogP contribution in [0.15, 0.2) is 18.2 Å². The number of nitrogens with one attached hydrogen (secondary N) is 1. The maximum absolute atomic E-state index is 13.4. The summed E-state index contributed by atoms with van der Waals surface area (Å²) in [6.07, 6.45) is 0.549. The average Bonchev–Trinajstić information content (AvgIpc) is 2.66. The molecule has 2 N–H and O–H groups in total. The monoisotopic (exact) mass is 287 g/mol. The molecule has 7 heteroatoms. The van der Waals surface area contributed by atoms with Gasteiger partial charge in [-0.1, -0.05) is 6.07 Å². The Morgan fingerprint density at radius 3 is 2.79 bits per heavy atom. The van der Waals surface area contributed by atoms with Crippen molar-refractivity contribution in [2.75, 3.05) is 23.4 Å². The number of hydrogen-bond donors (Lipinski definition) is 2. The summed E-state index contributed by atoms with van der Waals surface area (Å²) in [6, 6.07) is 3.96. The standard InChI is InChI=1S/C12H14FNO4S/c13-9-2-1-3-10(11(9)12(15)16)14-6-8-4-5-19(17,18)7-8/h1-3,8,14H,4-7H2,(H,15,16). The van der Waals surface area contributed by atoms with Crippen molar-refractivity contribution >= 4 is 21.5 Å². The molecule has 104 valence electrons. The summed E-state index contributed by atoms with van der Waals surface area (Å²) in [7, 11) is -2.96. The summed E-state index contributed by atoms with van der Waals surface area (Å²) in [4.78, 5) is 11.0. The third-order valence-corrected chi connectivity index (χ3v) is 4.97. The fraction of sp³-hybridized carbons (Fsp3) is 0.417. The summed E-state index contributed by atoms with van der Waals surface area (Å²) in [6.45, 7) is 0.322. The zero-order valence-electron chi connectivity index (χ0n) is 10.1. The first-order chi connectivity index (χ1) is 8.89. The Morgan fingerprint density at radius 2 is 2.21 bits per heavy atom. The van der Waals surface area contributed by atoms with Crippen molar-refractivity contribution in [2.24, 2.45) is 5.92 Å². The van der Waals surface area contributed by atoms with Gasteiger partial charge in [-0.3, -0.25) is 0 Å². The Morgan fingerprint density at radius 1 is 1.47 bits per heavy atom. The maximum Gasteiger partial charge on any atom is 0.340 e. The molecule has 1 aromatic rings. The zero-order chi connectivity index (χ0) is 14.0. The van der Waals surface area contributed by atoms with E-state index in [-0.39, 0.29) is 23.1 Å². The minimum atomic E-state index is -2.96. The second-order valence-corrected chi connectivity index (χ2v) is 6.85. The van der Waals surface area contributed by atoms with E-state index in [9.17, 15) is 17.6 Å². The van der Waals surface area contributed by atoms with Crippen LogP contribution in [0.4, 0.5) is 10.1 Å². The van der Waals surface area contributed by atoms with Crippen molar-refractivity contribution in [3.05, 3.63) is 29.6 Å². The van der Waals surface area contributed by atoms with Gasteiger partial charge in [-0.15, -0.1) is 0 Å². The molecule has 1 aliphatic heterocycles. The molecule has 0 aliphatic carbocycles. The van der Waals surface area contributed by atoms with E-state index in [1.54, 1.807) is 0 Å². The quantitative estimate of drug-likeness (QED) is 0.874. The van der Waals surface area contributed by atoms with Gasteiger partial charge in [0, 0.05) is 6.54 Å². The third-order valence-electron chi connectivity index (χ3n) is 3.14. The van der Waals surface area contributed by atoms with Crippen LogP contribution < -0.4 is 5.32 Å². The van der Waals surface area contributed by atoms with Crippen LogP contribution in [-0.2, 0) is 9.84 Å². The van der Waals surface area contributed by atoms with E-state index in [0.717, 1.165) is 6.07 Å². The highest BCUT2D eigenvalue weighted by Gasteiger charge is 2.28. The number of halogens is 1. The third kappa shape index (κ3) is 3.23. The summed E-state index contributed by atoms with van der Waals surface area (Å²) in [5, 5.41) is 11.8. The lowest BCUT2D eigenvalue weighted by Gasteiger charge is -2.13. The molecular weight excluding hydrogens is 273 g/mol. The summed E-state index contributed by atoms with van der Waals surface area (Å²) < 4.78 is 36.0. The lowest BCUT2D eigenvalue weighted by atomic mass is 10.1. The fourth-order valence-corrected chi connectivity index (χ4v) is 4.04. The van der Waals surface area contributed by atoms with Gasteiger partial charge in [-0.05, 0) is 24.5 Å². The molecule has 1 aromatic carbocycles. The van der Waals surface area contributed by atoms with E-state index in [4.69, 9.17) is 5.11 Å². The van der Waals surface area contributed by atoms with Crippen LogP contribution in [0, 0.1) is 11.7 Å². The molecule has 1 atom stereocenters. The van der Waals surface area contributed by atoms with Crippen molar-refractivity contribution in [2.45, 2.75) is 6.42 Å². The minimum Gasteiger partial charge on any atom is -0.478 e. The van der Waals surface area contributed by atoms with Crippen molar-refractivity contribution < 1.29 is 22.7 Å². The number of rotatable bonds is 4. The predicted octanol–water partition coefficient (Wildman–Crippen LogP) is 1.37. The van der Waals surface area contributed by atoms with E-state index in [1.165, 1.54) is 12.1 Å². The second kappa shape index (κ2) is 5.16. The van der Waals surface area contributed by atoms with Crippen LogP contribution in [0.25, 0.3) is 0 Å². The van der Waals surface area contributed by atoms with Crippen LogP contribution in [0.2, 0.25) is 0 Å². The summed E-state index contributed by atoms with van der Waals surface area (Å²) in [5.74, 6) is -1.96. The molecule has 1 heterocycles. The molecule has 2 rings (SSSR count). The van der Waals surface area contributed by atoms with Crippen LogP contribution in [0.1, 0.15) is 16.8 Å². The Labute approximate surface area is 110 Å². The van der Waals surface area contributed by atoms with E-state index in [0.29, 0.717) is 13.0 Å². The van der Waals surface area contributed by atoms with Gasteiger partial charge in [-0.25, -0.2) is 17.6 Å². The number of carboxylic acid groups (broad SMARTS) is 1. The molecule has 0 amide bonds. The average molecular weight is 287 g/mol. The Kier molecular flexibility index (Phi) is 3.75. The highest BCUT2D eigenvalue weighted by molar-refractivity contribution is 7.91. The van der Waals surface area contributed by atoms with Crippen molar-refractivity contribution in [1.82, 2.24) is 0 Å². The number of carboxylic acids is 1. The molecule has 0 aromatic heterocycles. The predicted molar refractivity (Wildman–Crippen MR) is 68.6 cm³/mol. The second-order valence-electron chi connectivity index (χ2n) is 4.62. The molecule has 0 bridgehead atoms. The molecule has 5 nitrogen and oxygen atoms in total. The largest absolute Gasteiger partial charge is 0.478 e. The molecular formula is C12H14FNO4S. The zero-order valence-corrected chi connectivity index (χ0v) is 10.9. The minimum absolute atomic E-state index is 0.0603. The van der Waals surface area contributed by atoms with Gasteiger partial charge in [0.2, 0.25) is 0 Å². The van der Waals surface area contributed by atoms with Gasteiger partial charge >= 0.3 is 5.97 Å². The molecule has 19 heavy (non-hydrogen) atoms. The number of benzene rings is 1. The fourth-order valence-electron chi connectivity index (χ4n) is 2.18. The van der Waals surface area contributed by atoms with Crippen LogP contribution in [0.3, 0.4) is 0 Å². The van der Waals surface area contributed by atoms with Crippen molar-refractivity contribution in [3.63, 3.8) is 0 Å². The molecule has 1 fully saturated rings. The molecule has 0 saturated carbocycles. The number of carbonyl (C=O) groups is 1. The number of sulfone groups is 1. The van der Waals surface area contributed by atoms with E-state index >= 15 is 0 Å². The maximum atomic E-state index is 13.4. The first-order valence-corrected chi connectivity index (χ1v) is 7.67. The number of anilines is 1. The number of aromatic carboxylic acids is 1. The molecule has 0 spiro atoms. The van der Waals surface area contributed by atoms with Gasteiger partial charge in [0.15, 0.2) is 9.84 Å². The highest BCUT2D eigenvalue weighted by atomic mass is 32.2. The van der Waals surface area contributed by atoms with Crippen LogP contribution in [0.5, 0.6) is 0 Å². The lowest BCUT2D eigenvalue weighted by molar-refractivity contribution is 0.0693. The van der Waals surface area contributed by atoms with Gasteiger partial charge in [0.1, 0.15) is 11.4 Å². The molecule has 1 unspecified atom stereocenters. The van der Waals surface area contributed by atoms with Crippen LogP contribution in [-0.4, -0.2) is 37.5 Å².